The second-order valence-electron chi connectivity index (χ2n) is 11.4. The first-order valence-corrected chi connectivity index (χ1v) is 12.4. The SMILES string of the molecule is C[C@]12CCC(=O)C=C1CCC1C2CC[C@@]2(C)C1CC[C@@H]2O[C@@H]1O[C@H](C(=O)[O-])[C@@H](O)[C@H](O)[C@H]1O.[Na+]. The molecule has 4 fully saturated rings. The fourth-order valence-electron chi connectivity index (χ4n) is 8.05. The van der Waals surface area contributed by atoms with Crippen LogP contribution in [0.1, 0.15) is 65.2 Å². The van der Waals surface area contributed by atoms with Crippen molar-refractivity contribution >= 4 is 11.8 Å². The largest absolute Gasteiger partial charge is 1.00 e. The number of hydrogen-bond donors (Lipinski definition) is 3. The number of rotatable bonds is 3. The van der Waals surface area contributed by atoms with E-state index in [9.17, 15) is 30.0 Å². The smallest absolute Gasteiger partial charge is 0.547 e. The molecule has 0 bridgehead atoms. The predicted molar refractivity (Wildman–Crippen MR) is 113 cm³/mol. The van der Waals surface area contributed by atoms with Gasteiger partial charge in [0.25, 0.3) is 0 Å². The van der Waals surface area contributed by atoms with Gasteiger partial charge in [0, 0.05) is 6.42 Å². The van der Waals surface area contributed by atoms with Gasteiger partial charge in [0.1, 0.15) is 24.4 Å². The van der Waals surface area contributed by atoms with Gasteiger partial charge >= 0.3 is 29.6 Å². The molecule has 5 aliphatic rings. The molecule has 34 heavy (non-hydrogen) atoms. The molecule has 184 valence electrons. The Morgan fingerprint density at radius 2 is 1.76 bits per heavy atom. The Balaban J connectivity index is 0.00000274. The summed E-state index contributed by atoms with van der Waals surface area (Å²) in [5, 5.41) is 41.8. The Kier molecular flexibility index (Phi) is 7.49. The third-order valence-electron chi connectivity index (χ3n) is 9.98. The van der Waals surface area contributed by atoms with Crippen molar-refractivity contribution in [3.63, 3.8) is 0 Å². The summed E-state index contributed by atoms with van der Waals surface area (Å²) in [4.78, 5) is 23.4. The van der Waals surface area contributed by atoms with Crippen LogP contribution in [0.4, 0.5) is 0 Å². The van der Waals surface area contributed by atoms with Crippen molar-refractivity contribution in [1.29, 1.82) is 0 Å². The number of hydrogen-bond acceptors (Lipinski definition) is 8. The number of fused-ring (bicyclic) bond motifs is 5. The van der Waals surface area contributed by atoms with Crippen molar-refractivity contribution in [3.8, 4) is 0 Å². The van der Waals surface area contributed by atoms with E-state index in [0.29, 0.717) is 24.2 Å². The standard InChI is InChI=1S/C25H36O8.Na/c1-24-9-7-13(26)11-12(24)3-4-14-15-5-6-17(25(15,2)10-8-16(14)24)32-23-20(29)18(27)19(28)21(33-23)22(30)31;/h11,14-21,23,27-29H,3-10H2,1-2H3,(H,30,31);/q;+1/p-1/t14?,15?,16?,17-,18-,19-,20+,21-,23+,24-,25-;/m0./s1. The maximum atomic E-state index is 12.0. The average Bonchev–Trinajstić information content (AvgIpc) is 3.10. The van der Waals surface area contributed by atoms with E-state index >= 15 is 0 Å². The first-order chi connectivity index (χ1) is 15.6. The summed E-state index contributed by atoms with van der Waals surface area (Å²) >= 11 is 0. The summed E-state index contributed by atoms with van der Waals surface area (Å²) in [5.41, 5.74) is 1.26. The number of carboxylic acids is 1. The van der Waals surface area contributed by atoms with Gasteiger partial charge in [0.15, 0.2) is 12.1 Å². The Morgan fingerprint density at radius 1 is 1.03 bits per heavy atom. The maximum absolute atomic E-state index is 12.0. The van der Waals surface area contributed by atoms with E-state index in [2.05, 4.69) is 13.8 Å². The Hall–Kier alpha value is -0.320. The predicted octanol–water partition coefficient (Wildman–Crippen LogP) is -2.53. The number of allylic oxidation sites excluding steroid dienone is 1. The molecule has 0 spiro atoms. The van der Waals surface area contributed by atoms with Crippen molar-refractivity contribution < 1.29 is 69.0 Å². The van der Waals surface area contributed by atoms with Crippen LogP contribution in [0.3, 0.4) is 0 Å². The molecule has 5 rings (SSSR count). The monoisotopic (exact) mass is 486 g/mol. The maximum Gasteiger partial charge on any atom is 1.00 e. The summed E-state index contributed by atoms with van der Waals surface area (Å²) in [6.45, 7) is 4.56. The minimum absolute atomic E-state index is 0. The molecule has 3 N–H and O–H groups in total. The Labute approximate surface area is 222 Å². The molecule has 8 nitrogen and oxygen atoms in total. The zero-order valence-corrected chi connectivity index (χ0v) is 22.3. The number of ketones is 1. The van der Waals surface area contributed by atoms with E-state index in [4.69, 9.17) is 9.47 Å². The third-order valence-corrected chi connectivity index (χ3v) is 9.98. The summed E-state index contributed by atoms with van der Waals surface area (Å²) in [7, 11) is 0. The molecule has 0 aromatic heterocycles. The molecule has 1 saturated heterocycles. The molecule has 0 aromatic rings. The van der Waals surface area contributed by atoms with Crippen LogP contribution in [0.15, 0.2) is 11.6 Å². The summed E-state index contributed by atoms with van der Waals surface area (Å²) in [6.07, 6.45) is 0.854. The Bertz CT molecular complexity index is 862. The van der Waals surface area contributed by atoms with Gasteiger partial charge in [0.05, 0.1) is 12.1 Å². The molecule has 1 heterocycles. The molecule has 0 radical (unpaired) electrons. The molecule has 3 saturated carbocycles. The molecular formula is C25H35NaO8. The summed E-state index contributed by atoms with van der Waals surface area (Å²) in [6, 6.07) is 0. The van der Waals surface area contributed by atoms with Crippen molar-refractivity contribution in [2.24, 2.45) is 28.6 Å². The zero-order chi connectivity index (χ0) is 23.7. The fourth-order valence-corrected chi connectivity index (χ4v) is 8.05. The van der Waals surface area contributed by atoms with Crippen LogP contribution in [0.2, 0.25) is 0 Å². The van der Waals surface area contributed by atoms with Gasteiger partial charge in [-0.3, -0.25) is 4.79 Å². The number of ether oxygens (including phenoxy) is 2. The third kappa shape index (κ3) is 4.06. The van der Waals surface area contributed by atoms with E-state index in [1.165, 1.54) is 5.57 Å². The number of aliphatic carboxylic acids is 1. The van der Waals surface area contributed by atoms with Gasteiger partial charge in [-0.25, -0.2) is 0 Å². The molecule has 9 heteroatoms. The normalized spacial score (nSPS) is 50.3. The summed E-state index contributed by atoms with van der Waals surface area (Å²) in [5.74, 6) is 0.115. The zero-order valence-electron chi connectivity index (χ0n) is 20.3. The van der Waals surface area contributed by atoms with Gasteiger partial charge in [0.2, 0.25) is 0 Å². The van der Waals surface area contributed by atoms with Crippen molar-refractivity contribution in [1.82, 2.24) is 0 Å². The van der Waals surface area contributed by atoms with Gasteiger partial charge in [-0.15, -0.1) is 0 Å². The molecular weight excluding hydrogens is 451 g/mol. The first-order valence-electron chi connectivity index (χ1n) is 12.4. The average molecular weight is 487 g/mol. The number of aliphatic hydroxyl groups is 3. The quantitative estimate of drug-likeness (QED) is 0.372. The van der Waals surface area contributed by atoms with E-state index in [0.717, 1.165) is 44.9 Å². The van der Waals surface area contributed by atoms with Crippen molar-refractivity contribution in [2.45, 2.75) is 102 Å². The van der Waals surface area contributed by atoms with Gasteiger partial charge < -0.3 is 34.7 Å². The van der Waals surface area contributed by atoms with Gasteiger partial charge in [-0.1, -0.05) is 19.4 Å². The minimum atomic E-state index is -1.78. The van der Waals surface area contributed by atoms with Crippen molar-refractivity contribution in [2.75, 3.05) is 0 Å². The van der Waals surface area contributed by atoms with E-state index in [1.807, 2.05) is 6.08 Å². The number of carbonyl (C=O) groups is 2. The van der Waals surface area contributed by atoms with E-state index < -0.39 is 36.7 Å². The molecule has 0 aromatic carbocycles. The molecule has 4 aliphatic carbocycles. The van der Waals surface area contributed by atoms with Gasteiger partial charge in [-0.05, 0) is 79.6 Å². The number of aliphatic hydroxyl groups excluding tert-OH is 3. The summed E-state index contributed by atoms with van der Waals surface area (Å²) < 4.78 is 11.5. The minimum Gasteiger partial charge on any atom is -0.547 e. The molecule has 1 aliphatic heterocycles. The first kappa shape index (κ1) is 26.7. The van der Waals surface area contributed by atoms with E-state index in [1.54, 1.807) is 0 Å². The van der Waals surface area contributed by atoms with Crippen LogP contribution in [-0.2, 0) is 19.1 Å². The molecule has 3 unspecified atom stereocenters. The van der Waals surface area contributed by atoms with Crippen LogP contribution in [0.5, 0.6) is 0 Å². The van der Waals surface area contributed by atoms with Crippen LogP contribution in [0, 0.1) is 28.6 Å². The topological polar surface area (TPSA) is 136 Å². The molecule has 11 atom stereocenters. The van der Waals surface area contributed by atoms with Gasteiger partial charge in [-0.2, -0.15) is 0 Å². The van der Waals surface area contributed by atoms with Crippen LogP contribution >= 0.6 is 0 Å². The van der Waals surface area contributed by atoms with Crippen molar-refractivity contribution in [3.05, 3.63) is 11.6 Å². The second-order valence-corrected chi connectivity index (χ2v) is 11.4. The number of carbonyl (C=O) groups excluding carboxylic acids is 2. The van der Waals surface area contributed by atoms with Crippen LogP contribution < -0.4 is 34.7 Å². The van der Waals surface area contributed by atoms with Crippen LogP contribution in [0.25, 0.3) is 0 Å². The molecule has 0 amide bonds. The van der Waals surface area contributed by atoms with Crippen LogP contribution in [-0.4, -0.2) is 63.9 Å². The fraction of sp³-hybridized carbons (Fsp3) is 0.840. The second kappa shape index (κ2) is 9.53. The number of carboxylic acid groups (broad SMARTS) is 1. The Morgan fingerprint density at radius 3 is 2.47 bits per heavy atom. The van der Waals surface area contributed by atoms with E-state index in [-0.39, 0.29) is 52.3 Å².